The number of likely N-dealkylation sites (tertiary alicyclic amines) is 1. The summed E-state index contributed by atoms with van der Waals surface area (Å²) in [6.07, 6.45) is 2.57. The van der Waals surface area contributed by atoms with Crippen molar-refractivity contribution in [3.63, 3.8) is 0 Å². The molecular formula is C15H25N3O2. The highest BCUT2D eigenvalue weighted by Crippen LogP contribution is 2.24. The van der Waals surface area contributed by atoms with Crippen LogP contribution in [0.15, 0.2) is 6.07 Å². The van der Waals surface area contributed by atoms with Crippen LogP contribution in [-0.4, -0.2) is 42.8 Å². The molecule has 1 aromatic rings. The number of anilines is 1. The average Bonchev–Trinajstić information content (AvgIpc) is 2.45. The lowest BCUT2D eigenvalue weighted by Crippen LogP contribution is -2.36. The normalized spacial score (nSPS) is 17.4. The molecule has 112 valence electrons. The van der Waals surface area contributed by atoms with Gasteiger partial charge in [0.25, 0.3) is 0 Å². The molecule has 0 aromatic carbocycles. The molecule has 2 N–H and O–H groups in total. The standard InChI is InChI=1S/C15H25N3O2/c1-4-20-12-5-7-18(8-6-12)10-13-14(19-3)9-11(2)15(16)17-13/h9,12H,4-8,10H2,1-3H3,(H2,16,17). The molecular weight excluding hydrogens is 254 g/mol. The van der Waals surface area contributed by atoms with Crippen LogP contribution in [0.4, 0.5) is 5.82 Å². The highest BCUT2D eigenvalue weighted by atomic mass is 16.5. The van der Waals surface area contributed by atoms with Gasteiger partial charge in [0.1, 0.15) is 11.6 Å². The lowest BCUT2D eigenvalue weighted by Gasteiger charge is -2.31. The van der Waals surface area contributed by atoms with Crippen molar-refractivity contribution in [1.82, 2.24) is 9.88 Å². The largest absolute Gasteiger partial charge is 0.495 e. The first kappa shape index (κ1) is 15.1. The molecule has 0 atom stereocenters. The molecule has 2 heterocycles. The van der Waals surface area contributed by atoms with E-state index in [1.807, 2.05) is 13.0 Å². The van der Waals surface area contributed by atoms with Crippen LogP contribution in [0.2, 0.25) is 0 Å². The maximum atomic E-state index is 5.91. The maximum absolute atomic E-state index is 5.91. The van der Waals surface area contributed by atoms with Crippen molar-refractivity contribution < 1.29 is 9.47 Å². The summed E-state index contributed by atoms with van der Waals surface area (Å²) in [6, 6.07) is 1.96. The van der Waals surface area contributed by atoms with E-state index >= 15 is 0 Å². The van der Waals surface area contributed by atoms with E-state index in [2.05, 4.69) is 16.8 Å². The Morgan fingerprint density at radius 1 is 1.40 bits per heavy atom. The Morgan fingerprint density at radius 3 is 2.70 bits per heavy atom. The number of hydrogen-bond acceptors (Lipinski definition) is 5. The van der Waals surface area contributed by atoms with Crippen molar-refractivity contribution in [2.45, 2.75) is 39.3 Å². The highest BCUT2D eigenvalue weighted by molar-refractivity contribution is 5.45. The molecule has 2 rings (SSSR count). The predicted octanol–water partition coefficient (Wildman–Crippen LogP) is 1.98. The molecule has 5 heteroatoms. The Bertz CT molecular complexity index is 443. The molecule has 0 radical (unpaired) electrons. The van der Waals surface area contributed by atoms with Crippen molar-refractivity contribution in [3.8, 4) is 5.75 Å². The first-order chi connectivity index (χ1) is 9.63. The van der Waals surface area contributed by atoms with Crippen LogP contribution in [-0.2, 0) is 11.3 Å². The summed E-state index contributed by atoms with van der Waals surface area (Å²) in [5, 5.41) is 0. The van der Waals surface area contributed by atoms with E-state index < -0.39 is 0 Å². The zero-order valence-corrected chi connectivity index (χ0v) is 12.7. The second-order valence-electron chi connectivity index (χ2n) is 5.27. The molecule has 1 aliphatic rings. The molecule has 0 saturated carbocycles. The van der Waals surface area contributed by atoms with E-state index in [1.54, 1.807) is 7.11 Å². The van der Waals surface area contributed by atoms with Crippen LogP contribution in [0.25, 0.3) is 0 Å². The molecule has 1 fully saturated rings. The number of aromatic nitrogens is 1. The lowest BCUT2D eigenvalue weighted by atomic mass is 10.1. The number of nitrogens with two attached hydrogens (primary N) is 1. The Labute approximate surface area is 121 Å². The van der Waals surface area contributed by atoms with E-state index in [0.717, 1.165) is 56.1 Å². The molecule has 0 aliphatic carbocycles. The van der Waals surface area contributed by atoms with E-state index in [4.69, 9.17) is 15.2 Å². The molecule has 0 unspecified atom stereocenters. The third kappa shape index (κ3) is 3.61. The van der Waals surface area contributed by atoms with Gasteiger partial charge in [-0.25, -0.2) is 4.98 Å². The number of nitrogen functional groups attached to an aromatic ring is 1. The topological polar surface area (TPSA) is 60.6 Å². The van der Waals surface area contributed by atoms with Gasteiger partial charge in [0.15, 0.2) is 0 Å². The van der Waals surface area contributed by atoms with Gasteiger partial charge in [-0.2, -0.15) is 0 Å². The van der Waals surface area contributed by atoms with Gasteiger partial charge < -0.3 is 15.2 Å². The van der Waals surface area contributed by atoms with Gasteiger partial charge in [0.2, 0.25) is 0 Å². The number of ether oxygens (including phenoxy) is 2. The van der Waals surface area contributed by atoms with Crippen molar-refractivity contribution in [1.29, 1.82) is 0 Å². The summed E-state index contributed by atoms with van der Waals surface area (Å²) >= 11 is 0. The van der Waals surface area contributed by atoms with Crippen LogP contribution >= 0.6 is 0 Å². The Morgan fingerprint density at radius 2 is 2.10 bits per heavy atom. The molecule has 0 spiro atoms. The van der Waals surface area contributed by atoms with Gasteiger partial charge in [-0.1, -0.05) is 0 Å². The number of nitrogens with zero attached hydrogens (tertiary/aromatic N) is 2. The Kier molecular flexibility index (Phi) is 5.20. The first-order valence-corrected chi connectivity index (χ1v) is 7.28. The third-order valence-corrected chi connectivity index (χ3v) is 3.82. The second kappa shape index (κ2) is 6.90. The van der Waals surface area contributed by atoms with Gasteiger partial charge in [-0.05, 0) is 38.3 Å². The fourth-order valence-electron chi connectivity index (χ4n) is 2.61. The van der Waals surface area contributed by atoms with Crippen molar-refractivity contribution in [2.75, 3.05) is 32.5 Å². The molecule has 0 bridgehead atoms. The van der Waals surface area contributed by atoms with Gasteiger partial charge in [-0.3, -0.25) is 4.90 Å². The minimum Gasteiger partial charge on any atom is -0.495 e. The Balaban J connectivity index is 1.99. The molecule has 1 aliphatic heterocycles. The molecule has 20 heavy (non-hydrogen) atoms. The third-order valence-electron chi connectivity index (χ3n) is 3.82. The molecule has 5 nitrogen and oxygen atoms in total. The summed E-state index contributed by atoms with van der Waals surface area (Å²) in [4.78, 5) is 6.86. The first-order valence-electron chi connectivity index (χ1n) is 7.28. The van der Waals surface area contributed by atoms with Gasteiger partial charge in [0.05, 0.1) is 18.9 Å². The number of methoxy groups -OCH3 is 1. The zero-order valence-electron chi connectivity index (χ0n) is 12.7. The van der Waals surface area contributed by atoms with Gasteiger partial charge in [0, 0.05) is 26.2 Å². The van der Waals surface area contributed by atoms with Gasteiger partial charge >= 0.3 is 0 Å². The van der Waals surface area contributed by atoms with Crippen LogP contribution < -0.4 is 10.5 Å². The van der Waals surface area contributed by atoms with E-state index in [-0.39, 0.29) is 0 Å². The minimum absolute atomic E-state index is 0.411. The van der Waals surface area contributed by atoms with E-state index in [0.29, 0.717) is 11.9 Å². The quantitative estimate of drug-likeness (QED) is 0.893. The fourth-order valence-corrected chi connectivity index (χ4v) is 2.61. The maximum Gasteiger partial charge on any atom is 0.142 e. The second-order valence-corrected chi connectivity index (χ2v) is 5.27. The average molecular weight is 279 g/mol. The Hall–Kier alpha value is -1.33. The SMILES string of the molecule is CCOC1CCN(Cc2nc(N)c(C)cc2OC)CC1. The van der Waals surface area contributed by atoms with Crippen molar-refractivity contribution >= 4 is 5.82 Å². The summed E-state index contributed by atoms with van der Waals surface area (Å²) in [6.45, 7) is 7.64. The summed E-state index contributed by atoms with van der Waals surface area (Å²) < 4.78 is 11.1. The number of piperidine rings is 1. The van der Waals surface area contributed by atoms with E-state index in [9.17, 15) is 0 Å². The number of hydrogen-bond donors (Lipinski definition) is 1. The smallest absolute Gasteiger partial charge is 0.142 e. The van der Waals surface area contributed by atoms with Crippen LogP contribution in [0, 0.1) is 6.92 Å². The van der Waals surface area contributed by atoms with E-state index in [1.165, 1.54) is 0 Å². The monoisotopic (exact) mass is 279 g/mol. The summed E-state index contributed by atoms with van der Waals surface area (Å²) in [7, 11) is 1.68. The predicted molar refractivity (Wildman–Crippen MR) is 79.9 cm³/mol. The van der Waals surface area contributed by atoms with Crippen molar-refractivity contribution in [2.24, 2.45) is 0 Å². The highest BCUT2D eigenvalue weighted by Gasteiger charge is 2.21. The number of aryl methyl sites for hydroxylation is 1. The van der Waals surface area contributed by atoms with Crippen LogP contribution in [0.3, 0.4) is 0 Å². The molecule has 1 aromatic heterocycles. The summed E-state index contributed by atoms with van der Waals surface area (Å²) in [5.74, 6) is 1.41. The lowest BCUT2D eigenvalue weighted by molar-refractivity contribution is 0.0121. The fraction of sp³-hybridized carbons (Fsp3) is 0.667. The van der Waals surface area contributed by atoms with Crippen LogP contribution in [0.5, 0.6) is 5.75 Å². The minimum atomic E-state index is 0.411. The zero-order chi connectivity index (χ0) is 14.5. The molecule has 1 saturated heterocycles. The summed E-state index contributed by atoms with van der Waals surface area (Å²) in [5.41, 5.74) is 7.79. The van der Waals surface area contributed by atoms with Gasteiger partial charge in [-0.15, -0.1) is 0 Å². The van der Waals surface area contributed by atoms with Crippen LogP contribution in [0.1, 0.15) is 31.0 Å². The van der Waals surface area contributed by atoms with Crippen molar-refractivity contribution in [3.05, 3.63) is 17.3 Å². The number of pyridine rings is 1. The number of rotatable bonds is 5. The molecule has 0 amide bonds.